The maximum absolute atomic E-state index is 12.4. The Hall–Kier alpha value is -2.31. The van der Waals surface area contributed by atoms with Crippen LogP contribution in [0.3, 0.4) is 0 Å². The fraction of sp³-hybridized carbons (Fsp3) is 0.375. The minimum absolute atomic E-state index is 0.0732. The number of nitrogens with one attached hydrogen (secondary N) is 1. The molecule has 0 saturated carbocycles. The second kappa shape index (κ2) is 7.30. The van der Waals surface area contributed by atoms with Gasteiger partial charge < -0.3 is 10.2 Å². The van der Waals surface area contributed by atoms with Crippen LogP contribution in [0.1, 0.15) is 24.0 Å². The van der Waals surface area contributed by atoms with Crippen molar-refractivity contribution in [1.82, 2.24) is 10.2 Å². The van der Waals surface area contributed by atoms with E-state index in [-0.39, 0.29) is 12.5 Å². The molecule has 1 heterocycles. The van der Waals surface area contributed by atoms with E-state index in [1.165, 1.54) is 24.3 Å². The third-order valence-electron chi connectivity index (χ3n) is 3.54. The molecule has 0 aliphatic carbocycles. The Labute approximate surface area is 132 Å². The number of nitrogens with zero attached hydrogens (tertiary/aromatic N) is 1. The van der Waals surface area contributed by atoms with E-state index in [1.54, 1.807) is 4.90 Å². The summed E-state index contributed by atoms with van der Waals surface area (Å²) < 4.78 is 37.3. The number of hydrogen-bond acceptors (Lipinski definition) is 2. The van der Waals surface area contributed by atoms with Crippen molar-refractivity contribution < 1.29 is 22.8 Å². The zero-order valence-corrected chi connectivity index (χ0v) is 12.4. The molecule has 1 aliphatic heterocycles. The van der Waals surface area contributed by atoms with Crippen molar-refractivity contribution in [3.8, 4) is 0 Å². The second-order valence-electron chi connectivity index (χ2n) is 5.26. The first-order valence-electron chi connectivity index (χ1n) is 7.27. The molecule has 1 aliphatic rings. The molecule has 7 heteroatoms. The van der Waals surface area contributed by atoms with E-state index in [0.717, 1.165) is 38.1 Å². The number of alkyl halides is 3. The zero-order chi connectivity index (χ0) is 16.9. The van der Waals surface area contributed by atoms with Crippen molar-refractivity contribution in [2.45, 2.75) is 19.0 Å². The number of carbonyl (C=O) groups excluding carboxylic acids is 2. The third-order valence-corrected chi connectivity index (χ3v) is 3.54. The van der Waals surface area contributed by atoms with Gasteiger partial charge in [-0.15, -0.1) is 0 Å². The Kier molecular flexibility index (Phi) is 5.41. The molecule has 0 unspecified atom stereocenters. The molecule has 0 bridgehead atoms. The molecule has 1 N–H and O–H groups in total. The van der Waals surface area contributed by atoms with Crippen LogP contribution in [-0.4, -0.2) is 36.3 Å². The third kappa shape index (κ3) is 5.12. The average Bonchev–Trinajstić information content (AvgIpc) is 3.04. The normalized spacial score (nSPS) is 15.2. The molecule has 0 atom stereocenters. The van der Waals surface area contributed by atoms with Gasteiger partial charge in [-0.1, -0.05) is 12.1 Å². The molecule has 1 aromatic rings. The fourth-order valence-corrected chi connectivity index (χ4v) is 2.26. The molecule has 4 nitrogen and oxygen atoms in total. The van der Waals surface area contributed by atoms with Crippen molar-refractivity contribution in [3.05, 3.63) is 41.5 Å². The van der Waals surface area contributed by atoms with Gasteiger partial charge in [0, 0.05) is 19.2 Å². The summed E-state index contributed by atoms with van der Waals surface area (Å²) in [6.45, 7) is 1.36. The molecule has 1 saturated heterocycles. The van der Waals surface area contributed by atoms with Crippen molar-refractivity contribution in [2.24, 2.45) is 0 Å². The average molecular weight is 326 g/mol. The zero-order valence-electron chi connectivity index (χ0n) is 12.4. The SMILES string of the molecule is O=C(/C=C/c1ccc(C(F)(F)F)cc1)NCC(=O)N1CCCC1. The Morgan fingerprint density at radius 3 is 2.30 bits per heavy atom. The quantitative estimate of drug-likeness (QED) is 0.864. The van der Waals surface area contributed by atoms with Crippen LogP contribution < -0.4 is 5.32 Å². The van der Waals surface area contributed by atoms with Crippen LogP contribution in [0.5, 0.6) is 0 Å². The van der Waals surface area contributed by atoms with Gasteiger partial charge >= 0.3 is 6.18 Å². The molecular formula is C16H17F3N2O2. The molecule has 0 radical (unpaired) electrons. The number of amides is 2. The largest absolute Gasteiger partial charge is 0.416 e. The number of halogens is 3. The Balaban J connectivity index is 1.82. The van der Waals surface area contributed by atoms with Gasteiger partial charge in [0.2, 0.25) is 11.8 Å². The predicted octanol–water partition coefficient (Wildman–Crippen LogP) is 2.46. The van der Waals surface area contributed by atoms with E-state index in [1.807, 2.05) is 0 Å². The predicted molar refractivity (Wildman–Crippen MR) is 79.3 cm³/mol. The van der Waals surface area contributed by atoms with Gasteiger partial charge in [0.05, 0.1) is 12.1 Å². The van der Waals surface area contributed by atoms with Gasteiger partial charge in [-0.25, -0.2) is 0 Å². The molecule has 1 aromatic carbocycles. The summed E-state index contributed by atoms with van der Waals surface area (Å²) in [4.78, 5) is 25.0. The Morgan fingerprint density at radius 2 is 1.74 bits per heavy atom. The van der Waals surface area contributed by atoms with Gasteiger partial charge in [0.15, 0.2) is 0 Å². The fourth-order valence-electron chi connectivity index (χ4n) is 2.26. The topological polar surface area (TPSA) is 49.4 Å². The molecule has 1 fully saturated rings. The van der Waals surface area contributed by atoms with Crippen LogP contribution in [0, 0.1) is 0 Å². The van der Waals surface area contributed by atoms with Crippen molar-refractivity contribution in [1.29, 1.82) is 0 Å². The highest BCUT2D eigenvalue weighted by atomic mass is 19.4. The first-order valence-corrected chi connectivity index (χ1v) is 7.27. The van der Waals surface area contributed by atoms with Crippen molar-refractivity contribution in [2.75, 3.05) is 19.6 Å². The van der Waals surface area contributed by atoms with Gasteiger partial charge in [-0.3, -0.25) is 9.59 Å². The summed E-state index contributed by atoms with van der Waals surface area (Å²) in [5, 5.41) is 2.47. The molecular weight excluding hydrogens is 309 g/mol. The molecule has 0 spiro atoms. The van der Waals surface area contributed by atoms with E-state index in [4.69, 9.17) is 0 Å². The second-order valence-corrected chi connectivity index (χ2v) is 5.26. The van der Waals surface area contributed by atoms with Crippen LogP contribution in [-0.2, 0) is 15.8 Å². The molecule has 23 heavy (non-hydrogen) atoms. The molecule has 124 valence electrons. The summed E-state index contributed by atoms with van der Waals surface area (Å²) in [7, 11) is 0. The van der Waals surface area contributed by atoms with Gasteiger partial charge in [-0.2, -0.15) is 13.2 Å². The molecule has 2 amide bonds. The lowest BCUT2D eigenvalue weighted by Gasteiger charge is -2.14. The monoisotopic (exact) mass is 326 g/mol. The van der Waals surface area contributed by atoms with Crippen LogP contribution in [0.2, 0.25) is 0 Å². The van der Waals surface area contributed by atoms with E-state index >= 15 is 0 Å². The highest BCUT2D eigenvalue weighted by Gasteiger charge is 2.29. The number of carbonyl (C=O) groups is 2. The maximum atomic E-state index is 12.4. The van der Waals surface area contributed by atoms with Gasteiger partial charge in [0.25, 0.3) is 0 Å². The summed E-state index contributed by atoms with van der Waals surface area (Å²) in [6, 6.07) is 4.47. The highest BCUT2D eigenvalue weighted by molar-refractivity contribution is 5.94. The lowest BCUT2D eigenvalue weighted by molar-refractivity contribution is -0.137. The number of likely N-dealkylation sites (tertiary alicyclic amines) is 1. The maximum Gasteiger partial charge on any atom is 0.416 e. The number of benzene rings is 1. The van der Waals surface area contributed by atoms with Crippen LogP contribution in [0.4, 0.5) is 13.2 Å². The first kappa shape index (κ1) is 17.1. The summed E-state index contributed by atoms with van der Waals surface area (Å²) in [5.74, 6) is -0.587. The standard InChI is InChI=1S/C16H17F3N2O2/c17-16(18,19)13-6-3-12(4-7-13)5-8-14(22)20-11-15(23)21-9-1-2-10-21/h3-8H,1-2,9-11H2,(H,20,22)/b8-5+. The number of rotatable bonds is 4. The summed E-state index contributed by atoms with van der Waals surface area (Å²) in [5.41, 5.74) is -0.269. The van der Waals surface area contributed by atoms with Crippen LogP contribution >= 0.6 is 0 Å². The van der Waals surface area contributed by atoms with Crippen LogP contribution in [0.15, 0.2) is 30.3 Å². The van der Waals surface area contributed by atoms with E-state index in [9.17, 15) is 22.8 Å². The minimum Gasteiger partial charge on any atom is -0.343 e. The smallest absolute Gasteiger partial charge is 0.343 e. The lowest BCUT2D eigenvalue weighted by atomic mass is 10.1. The minimum atomic E-state index is -4.38. The van der Waals surface area contributed by atoms with E-state index in [0.29, 0.717) is 5.56 Å². The van der Waals surface area contributed by atoms with Crippen molar-refractivity contribution >= 4 is 17.9 Å². The molecule has 2 rings (SSSR count). The van der Waals surface area contributed by atoms with E-state index in [2.05, 4.69) is 5.32 Å². The molecule has 0 aromatic heterocycles. The van der Waals surface area contributed by atoms with Gasteiger partial charge in [-0.05, 0) is 36.6 Å². The van der Waals surface area contributed by atoms with Crippen LogP contribution in [0.25, 0.3) is 6.08 Å². The first-order chi connectivity index (χ1) is 10.9. The summed E-state index contributed by atoms with van der Waals surface area (Å²) >= 11 is 0. The van der Waals surface area contributed by atoms with Crippen molar-refractivity contribution in [3.63, 3.8) is 0 Å². The Bertz CT molecular complexity index is 588. The van der Waals surface area contributed by atoms with E-state index < -0.39 is 17.6 Å². The Morgan fingerprint density at radius 1 is 1.13 bits per heavy atom. The lowest BCUT2D eigenvalue weighted by Crippen LogP contribution is -2.38. The summed E-state index contributed by atoms with van der Waals surface area (Å²) in [6.07, 6.45) is 0.173. The number of hydrogen-bond donors (Lipinski definition) is 1. The highest BCUT2D eigenvalue weighted by Crippen LogP contribution is 2.29. The van der Waals surface area contributed by atoms with Gasteiger partial charge in [0.1, 0.15) is 0 Å².